The topological polar surface area (TPSA) is 32.3 Å². The molecule has 0 bridgehead atoms. The van der Waals surface area contributed by atoms with Gasteiger partial charge in [0.1, 0.15) is 0 Å². The Morgan fingerprint density at radius 3 is 2.83 bits per heavy atom. The fourth-order valence-corrected chi connectivity index (χ4v) is 3.90. The summed E-state index contributed by atoms with van der Waals surface area (Å²) in [6, 6.07) is 19.1. The lowest BCUT2D eigenvalue weighted by atomic mass is 10.2. The molecule has 0 aromatic heterocycles. The van der Waals surface area contributed by atoms with Gasteiger partial charge in [0.25, 0.3) is 0 Å². The van der Waals surface area contributed by atoms with Gasteiger partial charge in [-0.15, -0.1) is 11.8 Å². The summed E-state index contributed by atoms with van der Waals surface area (Å²) in [6.07, 6.45) is 1.02. The summed E-state index contributed by atoms with van der Waals surface area (Å²) >= 11 is 1.70. The van der Waals surface area contributed by atoms with Gasteiger partial charge in [-0.3, -0.25) is 4.79 Å². The van der Waals surface area contributed by atoms with Gasteiger partial charge >= 0.3 is 0 Å². The summed E-state index contributed by atoms with van der Waals surface area (Å²) in [6.45, 7) is 3.76. The zero-order valence-corrected chi connectivity index (χ0v) is 14.9. The number of para-hydroxylation sites is 1. The molecule has 1 amide bonds. The summed E-state index contributed by atoms with van der Waals surface area (Å²) < 4.78 is 0. The lowest BCUT2D eigenvalue weighted by Crippen LogP contribution is -2.32. The first-order valence-corrected chi connectivity index (χ1v) is 9.59. The standard InChI is InChI=1S/C20H24N2OS/c1-16-6-5-7-17(12-16)14-24-15-20(23)22-11-10-19(13-22)21-18-8-3-2-4-9-18/h2-9,12,19,21H,10-11,13-15H2,1H3. The highest BCUT2D eigenvalue weighted by Gasteiger charge is 2.25. The van der Waals surface area contributed by atoms with E-state index in [-0.39, 0.29) is 5.91 Å². The predicted octanol–water partition coefficient (Wildman–Crippen LogP) is 3.94. The Morgan fingerprint density at radius 2 is 2.04 bits per heavy atom. The van der Waals surface area contributed by atoms with Gasteiger partial charge in [-0.05, 0) is 31.0 Å². The van der Waals surface area contributed by atoms with Crippen LogP contribution in [0.4, 0.5) is 5.69 Å². The molecule has 1 saturated heterocycles. The van der Waals surface area contributed by atoms with Gasteiger partial charge in [-0.1, -0.05) is 48.0 Å². The second kappa shape index (κ2) is 8.25. The van der Waals surface area contributed by atoms with E-state index in [9.17, 15) is 4.79 Å². The number of thioether (sulfide) groups is 1. The zero-order valence-electron chi connectivity index (χ0n) is 14.1. The fourth-order valence-electron chi connectivity index (χ4n) is 3.02. The minimum atomic E-state index is 0.255. The Hall–Kier alpha value is -1.94. The molecule has 0 spiro atoms. The molecule has 4 heteroatoms. The lowest BCUT2D eigenvalue weighted by Gasteiger charge is -2.17. The van der Waals surface area contributed by atoms with Crippen molar-refractivity contribution in [2.45, 2.75) is 25.1 Å². The first kappa shape index (κ1) is 16.9. The lowest BCUT2D eigenvalue weighted by molar-refractivity contribution is -0.127. The van der Waals surface area contributed by atoms with E-state index in [1.54, 1.807) is 11.8 Å². The van der Waals surface area contributed by atoms with Crippen molar-refractivity contribution in [3.8, 4) is 0 Å². The molecule has 1 aliphatic heterocycles. The Labute approximate surface area is 148 Å². The molecular formula is C20H24N2OS. The molecule has 126 valence electrons. The van der Waals surface area contributed by atoms with E-state index in [4.69, 9.17) is 0 Å². The molecule has 2 aromatic carbocycles. The van der Waals surface area contributed by atoms with Crippen molar-refractivity contribution in [1.82, 2.24) is 4.90 Å². The molecule has 3 rings (SSSR count). The molecule has 1 N–H and O–H groups in total. The number of carbonyl (C=O) groups excluding carboxylic acids is 1. The minimum absolute atomic E-state index is 0.255. The van der Waals surface area contributed by atoms with Crippen molar-refractivity contribution >= 4 is 23.4 Å². The Kier molecular flexibility index (Phi) is 5.81. The Balaban J connectivity index is 1.41. The van der Waals surface area contributed by atoms with Gasteiger partial charge in [0.15, 0.2) is 0 Å². The first-order chi connectivity index (χ1) is 11.7. The molecule has 3 nitrogen and oxygen atoms in total. The van der Waals surface area contributed by atoms with Gasteiger partial charge in [-0.25, -0.2) is 0 Å². The van der Waals surface area contributed by atoms with Crippen LogP contribution in [0, 0.1) is 6.92 Å². The van der Waals surface area contributed by atoms with Crippen LogP contribution < -0.4 is 5.32 Å². The van der Waals surface area contributed by atoms with Crippen LogP contribution in [-0.4, -0.2) is 35.7 Å². The maximum absolute atomic E-state index is 12.4. The number of hydrogen-bond donors (Lipinski definition) is 1. The number of amides is 1. The number of aryl methyl sites for hydroxylation is 1. The highest BCUT2D eigenvalue weighted by atomic mass is 32.2. The van der Waals surface area contributed by atoms with E-state index in [0.717, 1.165) is 31.0 Å². The number of rotatable bonds is 6. The van der Waals surface area contributed by atoms with Gasteiger partial charge in [0, 0.05) is 30.6 Å². The number of nitrogens with zero attached hydrogens (tertiary/aromatic N) is 1. The molecular weight excluding hydrogens is 316 g/mol. The van der Waals surface area contributed by atoms with E-state index in [0.29, 0.717) is 11.8 Å². The van der Waals surface area contributed by atoms with Crippen LogP contribution in [-0.2, 0) is 10.5 Å². The molecule has 0 saturated carbocycles. The Morgan fingerprint density at radius 1 is 1.21 bits per heavy atom. The highest BCUT2D eigenvalue weighted by Crippen LogP contribution is 2.18. The van der Waals surface area contributed by atoms with Gasteiger partial charge in [0.05, 0.1) is 5.75 Å². The van der Waals surface area contributed by atoms with E-state index in [1.807, 2.05) is 23.1 Å². The molecule has 1 atom stereocenters. The second-order valence-electron chi connectivity index (χ2n) is 6.32. The molecule has 1 aliphatic rings. The predicted molar refractivity (Wildman–Crippen MR) is 102 cm³/mol. The van der Waals surface area contributed by atoms with E-state index < -0.39 is 0 Å². The number of likely N-dealkylation sites (tertiary alicyclic amines) is 1. The van der Waals surface area contributed by atoms with Gasteiger partial charge < -0.3 is 10.2 Å². The summed E-state index contributed by atoms with van der Waals surface area (Å²) in [4.78, 5) is 14.4. The monoisotopic (exact) mass is 340 g/mol. The molecule has 0 radical (unpaired) electrons. The van der Waals surface area contributed by atoms with E-state index in [1.165, 1.54) is 11.1 Å². The van der Waals surface area contributed by atoms with Crippen molar-refractivity contribution < 1.29 is 4.79 Å². The molecule has 1 heterocycles. The van der Waals surface area contributed by atoms with Crippen molar-refractivity contribution in [1.29, 1.82) is 0 Å². The summed E-state index contributed by atoms with van der Waals surface area (Å²) in [5, 5.41) is 3.51. The third kappa shape index (κ3) is 4.78. The van der Waals surface area contributed by atoms with Crippen LogP contribution in [0.15, 0.2) is 54.6 Å². The number of hydrogen-bond acceptors (Lipinski definition) is 3. The molecule has 2 aromatic rings. The van der Waals surface area contributed by atoms with Crippen molar-refractivity contribution in [3.05, 3.63) is 65.7 Å². The average Bonchev–Trinajstić information content (AvgIpc) is 3.04. The minimum Gasteiger partial charge on any atom is -0.380 e. The third-order valence-electron chi connectivity index (χ3n) is 4.26. The molecule has 0 aliphatic carbocycles. The zero-order chi connectivity index (χ0) is 16.8. The number of carbonyl (C=O) groups is 1. The molecule has 1 fully saturated rings. The van der Waals surface area contributed by atoms with Gasteiger partial charge in [-0.2, -0.15) is 0 Å². The van der Waals surface area contributed by atoms with Crippen LogP contribution >= 0.6 is 11.8 Å². The second-order valence-corrected chi connectivity index (χ2v) is 7.30. The Bertz CT molecular complexity index is 674. The quantitative estimate of drug-likeness (QED) is 0.864. The van der Waals surface area contributed by atoms with Crippen molar-refractivity contribution in [2.24, 2.45) is 0 Å². The first-order valence-electron chi connectivity index (χ1n) is 8.43. The number of anilines is 1. The average molecular weight is 340 g/mol. The van der Waals surface area contributed by atoms with Crippen molar-refractivity contribution in [3.63, 3.8) is 0 Å². The maximum atomic E-state index is 12.4. The van der Waals surface area contributed by atoms with Gasteiger partial charge in [0.2, 0.25) is 5.91 Å². The van der Waals surface area contributed by atoms with Crippen LogP contribution in [0.25, 0.3) is 0 Å². The normalized spacial score (nSPS) is 17.0. The third-order valence-corrected chi connectivity index (χ3v) is 5.25. The molecule has 24 heavy (non-hydrogen) atoms. The van der Waals surface area contributed by atoms with Crippen LogP contribution in [0.2, 0.25) is 0 Å². The van der Waals surface area contributed by atoms with E-state index >= 15 is 0 Å². The number of nitrogens with one attached hydrogen (secondary N) is 1. The van der Waals surface area contributed by atoms with Crippen LogP contribution in [0.3, 0.4) is 0 Å². The largest absolute Gasteiger partial charge is 0.380 e. The smallest absolute Gasteiger partial charge is 0.232 e. The molecule has 1 unspecified atom stereocenters. The maximum Gasteiger partial charge on any atom is 0.232 e. The van der Waals surface area contributed by atoms with Crippen LogP contribution in [0.1, 0.15) is 17.5 Å². The SMILES string of the molecule is Cc1cccc(CSCC(=O)N2CCC(Nc3ccccc3)C2)c1. The summed E-state index contributed by atoms with van der Waals surface area (Å²) in [7, 11) is 0. The highest BCUT2D eigenvalue weighted by molar-refractivity contribution is 7.99. The van der Waals surface area contributed by atoms with Crippen LogP contribution in [0.5, 0.6) is 0 Å². The summed E-state index contributed by atoms with van der Waals surface area (Å²) in [5.41, 5.74) is 3.69. The fraction of sp³-hybridized carbons (Fsp3) is 0.350. The number of benzene rings is 2. The van der Waals surface area contributed by atoms with Crippen molar-refractivity contribution in [2.75, 3.05) is 24.2 Å². The summed E-state index contributed by atoms with van der Waals surface area (Å²) in [5.74, 6) is 1.71. The van der Waals surface area contributed by atoms with E-state index in [2.05, 4.69) is 48.6 Å².